The first-order valence-electron chi connectivity index (χ1n) is 6.29. The quantitative estimate of drug-likeness (QED) is 0.851. The first-order chi connectivity index (χ1) is 9.95. The van der Waals surface area contributed by atoms with Crippen molar-refractivity contribution in [3.8, 4) is 5.75 Å². The topological polar surface area (TPSA) is 81.4 Å². The van der Waals surface area contributed by atoms with Gasteiger partial charge in [0, 0.05) is 12.5 Å². The molecular weight excluding hydrogens is 295 g/mol. The molecule has 5 nitrogen and oxygen atoms in total. The van der Waals surface area contributed by atoms with Crippen molar-refractivity contribution < 1.29 is 17.5 Å². The summed E-state index contributed by atoms with van der Waals surface area (Å²) in [4.78, 5) is 0.0930. The van der Waals surface area contributed by atoms with Gasteiger partial charge in [0.1, 0.15) is 11.6 Å². The zero-order valence-electron chi connectivity index (χ0n) is 11.0. The van der Waals surface area contributed by atoms with E-state index in [2.05, 4.69) is 4.72 Å². The van der Waals surface area contributed by atoms with Gasteiger partial charge in [-0.3, -0.25) is 4.72 Å². The lowest BCUT2D eigenvalue weighted by Crippen LogP contribution is -2.14. The summed E-state index contributed by atoms with van der Waals surface area (Å²) >= 11 is 0. The van der Waals surface area contributed by atoms with Crippen molar-refractivity contribution in [2.75, 3.05) is 17.1 Å². The number of sulfonamides is 1. The molecule has 0 saturated carbocycles. The van der Waals surface area contributed by atoms with Crippen LogP contribution in [-0.4, -0.2) is 15.0 Å². The Labute approximate surface area is 121 Å². The number of nitrogens with two attached hydrogens (primary N) is 1. The van der Waals surface area contributed by atoms with Crippen LogP contribution in [0.2, 0.25) is 0 Å². The smallest absolute Gasteiger partial charge is 0.261 e. The maximum absolute atomic E-state index is 13.2. The van der Waals surface area contributed by atoms with Gasteiger partial charge in [-0.1, -0.05) is 0 Å². The third-order valence-electron chi connectivity index (χ3n) is 3.23. The van der Waals surface area contributed by atoms with Gasteiger partial charge in [0.25, 0.3) is 10.0 Å². The summed E-state index contributed by atoms with van der Waals surface area (Å²) in [6.45, 7) is 0.545. The van der Waals surface area contributed by atoms with Crippen molar-refractivity contribution in [3.05, 3.63) is 47.8 Å². The molecule has 3 rings (SSSR count). The Bertz CT molecular complexity index is 806. The molecule has 0 saturated heterocycles. The lowest BCUT2D eigenvalue weighted by atomic mass is 10.2. The maximum Gasteiger partial charge on any atom is 0.261 e. The maximum atomic E-state index is 13.2. The number of benzene rings is 2. The van der Waals surface area contributed by atoms with E-state index in [4.69, 9.17) is 10.5 Å². The van der Waals surface area contributed by atoms with E-state index in [1.165, 1.54) is 18.2 Å². The Kier molecular flexibility index (Phi) is 3.21. The van der Waals surface area contributed by atoms with Crippen molar-refractivity contribution in [1.29, 1.82) is 0 Å². The van der Waals surface area contributed by atoms with Crippen LogP contribution in [-0.2, 0) is 16.4 Å². The Morgan fingerprint density at radius 1 is 1.19 bits per heavy atom. The zero-order chi connectivity index (χ0) is 15.0. The average Bonchev–Trinajstić information content (AvgIpc) is 2.90. The molecule has 1 aliphatic heterocycles. The van der Waals surface area contributed by atoms with Crippen LogP contribution in [0.5, 0.6) is 5.75 Å². The third kappa shape index (κ3) is 2.64. The van der Waals surface area contributed by atoms with Crippen LogP contribution in [0, 0.1) is 5.82 Å². The number of fused-ring (bicyclic) bond motifs is 1. The minimum absolute atomic E-state index is 0.0201. The molecule has 7 heteroatoms. The highest BCUT2D eigenvalue weighted by atomic mass is 32.2. The lowest BCUT2D eigenvalue weighted by Gasteiger charge is -2.11. The fraction of sp³-hybridized carbons (Fsp3) is 0.143. The Hall–Kier alpha value is -2.28. The highest BCUT2D eigenvalue weighted by molar-refractivity contribution is 7.92. The lowest BCUT2D eigenvalue weighted by molar-refractivity contribution is 0.356. The van der Waals surface area contributed by atoms with Crippen molar-refractivity contribution >= 4 is 21.4 Å². The highest BCUT2D eigenvalue weighted by Crippen LogP contribution is 2.29. The summed E-state index contributed by atoms with van der Waals surface area (Å²) in [6, 6.07) is 8.14. The molecule has 21 heavy (non-hydrogen) atoms. The summed E-state index contributed by atoms with van der Waals surface area (Å²) in [6.07, 6.45) is 0.667. The molecule has 2 aromatic carbocycles. The second-order valence-corrected chi connectivity index (χ2v) is 6.39. The van der Waals surface area contributed by atoms with Gasteiger partial charge in [0.15, 0.2) is 0 Å². The Morgan fingerprint density at radius 2 is 2.00 bits per heavy atom. The zero-order valence-corrected chi connectivity index (χ0v) is 11.8. The van der Waals surface area contributed by atoms with Gasteiger partial charge in [-0.05, 0) is 35.9 Å². The molecule has 0 bridgehead atoms. The predicted molar refractivity (Wildman–Crippen MR) is 77.3 cm³/mol. The number of halogens is 1. The summed E-state index contributed by atoms with van der Waals surface area (Å²) in [5.74, 6) is 0.128. The molecule has 0 atom stereocenters. The van der Waals surface area contributed by atoms with Crippen molar-refractivity contribution in [1.82, 2.24) is 0 Å². The highest BCUT2D eigenvalue weighted by Gasteiger charge is 2.20. The standard InChI is InChI=1S/C14H13FN2O3S/c15-10-1-3-12(16)13(8-10)17-21(18,19)11-2-4-14-9(7-11)5-6-20-14/h1-4,7-8,17H,5-6,16H2. The van der Waals surface area contributed by atoms with E-state index in [1.807, 2.05) is 0 Å². The predicted octanol–water partition coefficient (Wildman–Crippen LogP) is 2.14. The molecule has 0 radical (unpaired) electrons. The minimum Gasteiger partial charge on any atom is -0.493 e. The van der Waals surface area contributed by atoms with Gasteiger partial charge >= 0.3 is 0 Å². The van der Waals surface area contributed by atoms with Gasteiger partial charge in [0.05, 0.1) is 22.9 Å². The molecule has 1 aliphatic rings. The molecule has 0 spiro atoms. The van der Waals surface area contributed by atoms with E-state index in [1.54, 1.807) is 12.1 Å². The van der Waals surface area contributed by atoms with E-state index in [9.17, 15) is 12.8 Å². The second-order valence-electron chi connectivity index (χ2n) is 4.71. The summed E-state index contributed by atoms with van der Waals surface area (Å²) in [5.41, 5.74) is 6.67. The minimum atomic E-state index is -3.83. The van der Waals surface area contributed by atoms with Crippen LogP contribution in [0.25, 0.3) is 0 Å². The number of anilines is 2. The van der Waals surface area contributed by atoms with E-state index in [-0.39, 0.29) is 16.3 Å². The molecule has 0 fully saturated rings. The van der Waals surface area contributed by atoms with E-state index in [0.29, 0.717) is 18.8 Å². The van der Waals surface area contributed by atoms with Crippen LogP contribution >= 0.6 is 0 Å². The summed E-state index contributed by atoms with van der Waals surface area (Å²) in [5, 5.41) is 0. The fourth-order valence-corrected chi connectivity index (χ4v) is 3.28. The van der Waals surface area contributed by atoms with Gasteiger partial charge in [-0.15, -0.1) is 0 Å². The van der Waals surface area contributed by atoms with E-state index in [0.717, 1.165) is 11.6 Å². The first kappa shape index (κ1) is 13.7. The molecule has 0 unspecified atom stereocenters. The van der Waals surface area contributed by atoms with Crippen molar-refractivity contribution in [2.24, 2.45) is 0 Å². The SMILES string of the molecule is Nc1ccc(F)cc1NS(=O)(=O)c1ccc2c(c1)CCO2. The van der Waals surface area contributed by atoms with Crippen molar-refractivity contribution in [2.45, 2.75) is 11.3 Å². The number of hydrogen-bond acceptors (Lipinski definition) is 4. The molecule has 1 heterocycles. The largest absolute Gasteiger partial charge is 0.493 e. The van der Waals surface area contributed by atoms with Crippen LogP contribution in [0.1, 0.15) is 5.56 Å². The van der Waals surface area contributed by atoms with E-state index >= 15 is 0 Å². The van der Waals surface area contributed by atoms with Crippen molar-refractivity contribution in [3.63, 3.8) is 0 Å². The third-order valence-corrected chi connectivity index (χ3v) is 4.59. The van der Waals surface area contributed by atoms with Gasteiger partial charge in [-0.25, -0.2) is 12.8 Å². The van der Waals surface area contributed by atoms with Crippen LogP contribution in [0.15, 0.2) is 41.3 Å². The van der Waals surface area contributed by atoms with Crippen LogP contribution in [0.4, 0.5) is 15.8 Å². The van der Waals surface area contributed by atoms with Gasteiger partial charge in [-0.2, -0.15) is 0 Å². The molecule has 2 aromatic rings. The van der Waals surface area contributed by atoms with Crippen LogP contribution in [0.3, 0.4) is 0 Å². The number of nitrogens with one attached hydrogen (secondary N) is 1. The molecule has 110 valence electrons. The molecule has 3 N–H and O–H groups in total. The van der Waals surface area contributed by atoms with Gasteiger partial charge in [0.2, 0.25) is 0 Å². The van der Waals surface area contributed by atoms with E-state index < -0.39 is 15.8 Å². The summed E-state index contributed by atoms with van der Waals surface area (Å²) < 4.78 is 45.5. The first-order valence-corrected chi connectivity index (χ1v) is 7.77. The summed E-state index contributed by atoms with van der Waals surface area (Å²) in [7, 11) is -3.83. The number of hydrogen-bond donors (Lipinski definition) is 2. The number of ether oxygens (including phenoxy) is 1. The number of rotatable bonds is 3. The molecular formula is C14H13FN2O3S. The van der Waals surface area contributed by atoms with Crippen LogP contribution < -0.4 is 15.2 Å². The fourth-order valence-electron chi connectivity index (χ4n) is 2.15. The Balaban J connectivity index is 1.95. The Morgan fingerprint density at radius 3 is 2.81 bits per heavy atom. The molecule has 0 amide bonds. The normalized spacial score (nSPS) is 13.6. The molecule has 0 aliphatic carbocycles. The molecule has 0 aromatic heterocycles. The monoisotopic (exact) mass is 308 g/mol. The second kappa shape index (κ2) is 4.92. The average molecular weight is 308 g/mol. The van der Waals surface area contributed by atoms with Gasteiger partial charge < -0.3 is 10.5 Å². The number of nitrogen functional groups attached to an aromatic ring is 1.